The molecule has 94 valence electrons. The number of hydrogen-bond donors (Lipinski definition) is 1. The van der Waals surface area contributed by atoms with Crippen LogP contribution in [0.3, 0.4) is 0 Å². The van der Waals surface area contributed by atoms with Crippen LogP contribution in [0.4, 0.5) is 0 Å². The van der Waals surface area contributed by atoms with Gasteiger partial charge in [-0.2, -0.15) is 16.7 Å². The van der Waals surface area contributed by atoms with Gasteiger partial charge in [-0.25, -0.2) is 0 Å². The van der Waals surface area contributed by atoms with Gasteiger partial charge in [0.2, 0.25) is 5.82 Å². The summed E-state index contributed by atoms with van der Waals surface area (Å²) in [4.78, 5) is 4.29. The number of phenols is 1. The molecule has 1 aliphatic rings. The predicted octanol–water partition coefficient (Wildman–Crippen LogP) is 2.25. The van der Waals surface area contributed by atoms with Gasteiger partial charge in [0.15, 0.2) is 0 Å². The molecule has 1 aliphatic heterocycles. The van der Waals surface area contributed by atoms with Crippen molar-refractivity contribution in [3.8, 4) is 17.2 Å². The lowest BCUT2D eigenvalue weighted by atomic mass is 10.2. The van der Waals surface area contributed by atoms with Gasteiger partial charge in [0.05, 0.1) is 12.2 Å². The highest BCUT2D eigenvalue weighted by Crippen LogP contribution is 2.30. The molecule has 0 spiro atoms. The minimum absolute atomic E-state index is 0.118. The molecular weight excluding hydrogens is 252 g/mol. The third-order valence-corrected chi connectivity index (χ3v) is 3.67. The number of phenolic OH excluding ortho intramolecular Hbond substituents is 1. The van der Waals surface area contributed by atoms with E-state index in [1.807, 2.05) is 17.8 Å². The summed E-state index contributed by atoms with van der Waals surface area (Å²) in [7, 11) is 0. The molecule has 5 nitrogen and oxygen atoms in total. The Morgan fingerprint density at radius 2 is 2.22 bits per heavy atom. The van der Waals surface area contributed by atoms with E-state index < -0.39 is 0 Å². The minimum Gasteiger partial charge on any atom is -0.507 e. The number of aromatic nitrogens is 2. The largest absolute Gasteiger partial charge is 0.507 e. The van der Waals surface area contributed by atoms with E-state index in [1.54, 1.807) is 18.2 Å². The molecule has 0 bridgehead atoms. The third-order valence-electron chi connectivity index (χ3n) is 2.68. The zero-order chi connectivity index (χ0) is 12.4. The highest BCUT2D eigenvalue weighted by Gasteiger charge is 2.23. The van der Waals surface area contributed by atoms with Gasteiger partial charge in [-0.05, 0) is 12.1 Å². The smallest absolute Gasteiger partial charge is 0.261 e. The monoisotopic (exact) mass is 264 g/mol. The molecule has 1 aromatic carbocycles. The van der Waals surface area contributed by atoms with Crippen molar-refractivity contribution in [3.63, 3.8) is 0 Å². The van der Waals surface area contributed by atoms with Crippen LogP contribution >= 0.6 is 11.8 Å². The number of ether oxygens (including phenoxy) is 1. The molecule has 0 radical (unpaired) electrons. The Bertz CT molecular complexity index is 538. The fraction of sp³-hybridized carbons (Fsp3) is 0.333. The van der Waals surface area contributed by atoms with Crippen LogP contribution in [-0.2, 0) is 4.74 Å². The van der Waals surface area contributed by atoms with Crippen molar-refractivity contribution < 1.29 is 14.4 Å². The van der Waals surface area contributed by atoms with Crippen molar-refractivity contribution in [1.82, 2.24) is 10.1 Å². The van der Waals surface area contributed by atoms with Crippen LogP contribution in [0.1, 0.15) is 11.9 Å². The molecule has 18 heavy (non-hydrogen) atoms. The molecule has 0 aliphatic carbocycles. The zero-order valence-electron chi connectivity index (χ0n) is 9.57. The van der Waals surface area contributed by atoms with Gasteiger partial charge < -0.3 is 14.4 Å². The summed E-state index contributed by atoms with van der Waals surface area (Å²) in [5.41, 5.74) is 0.541. The van der Waals surface area contributed by atoms with Gasteiger partial charge >= 0.3 is 0 Å². The van der Waals surface area contributed by atoms with E-state index in [1.165, 1.54) is 0 Å². The van der Waals surface area contributed by atoms with E-state index in [9.17, 15) is 5.11 Å². The summed E-state index contributed by atoms with van der Waals surface area (Å²) in [6, 6.07) is 6.89. The van der Waals surface area contributed by atoms with Crippen LogP contribution in [0.5, 0.6) is 5.75 Å². The maximum Gasteiger partial charge on any atom is 0.261 e. The number of para-hydroxylation sites is 1. The molecule has 3 rings (SSSR count). The number of aromatic hydroxyl groups is 1. The van der Waals surface area contributed by atoms with Crippen molar-refractivity contribution >= 4 is 11.8 Å². The highest BCUT2D eigenvalue weighted by atomic mass is 32.2. The van der Waals surface area contributed by atoms with E-state index in [0.29, 0.717) is 23.9 Å². The van der Waals surface area contributed by atoms with Gasteiger partial charge in [0.1, 0.15) is 11.9 Å². The average molecular weight is 264 g/mol. The summed E-state index contributed by atoms with van der Waals surface area (Å²) >= 11 is 1.81. The van der Waals surface area contributed by atoms with Gasteiger partial charge in [-0.1, -0.05) is 17.3 Å². The van der Waals surface area contributed by atoms with Gasteiger partial charge in [0.25, 0.3) is 5.89 Å². The fourth-order valence-corrected chi connectivity index (χ4v) is 2.61. The average Bonchev–Trinajstić information content (AvgIpc) is 2.90. The second-order valence-corrected chi connectivity index (χ2v) is 5.06. The second kappa shape index (κ2) is 4.99. The Balaban J connectivity index is 1.87. The Hall–Kier alpha value is -1.53. The van der Waals surface area contributed by atoms with Crippen LogP contribution in [0, 0.1) is 0 Å². The zero-order valence-corrected chi connectivity index (χ0v) is 10.4. The standard InChI is InChI=1S/C12H12N2O3S/c15-9-4-2-1-3-8(9)12-13-11(14-17-12)10-7-18-6-5-16-10/h1-4,10,15H,5-7H2. The van der Waals surface area contributed by atoms with E-state index in [4.69, 9.17) is 9.26 Å². The topological polar surface area (TPSA) is 68.4 Å². The summed E-state index contributed by atoms with van der Waals surface area (Å²) in [5, 5.41) is 13.6. The summed E-state index contributed by atoms with van der Waals surface area (Å²) < 4.78 is 10.7. The molecule has 0 saturated carbocycles. The van der Waals surface area contributed by atoms with Crippen LogP contribution in [0.2, 0.25) is 0 Å². The second-order valence-electron chi connectivity index (χ2n) is 3.91. The van der Waals surface area contributed by atoms with Crippen LogP contribution in [0.15, 0.2) is 28.8 Å². The van der Waals surface area contributed by atoms with Crippen molar-refractivity contribution in [2.75, 3.05) is 18.1 Å². The maximum atomic E-state index is 9.72. The maximum absolute atomic E-state index is 9.72. The van der Waals surface area contributed by atoms with Crippen molar-refractivity contribution in [2.24, 2.45) is 0 Å². The molecular formula is C12H12N2O3S. The van der Waals surface area contributed by atoms with Crippen molar-refractivity contribution in [1.29, 1.82) is 0 Å². The molecule has 1 unspecified atom stereocenters. The fourth-order valence-electron chi connectivity index (χ4n) is 1.77. The number of hydrogen-bond acceptors (Lipinski definition) is 6. The number of rotatable bonds is 2. The van der Waals surface area contributed by atoms with Gasteiger partial charge in [-0.3, -0.25) is 0 Å². The van der Waals surface area contributed by atoms with Crippen LogP contribution < -0.4 is 0 Å². The molecule has 2 heterocycles. The summed E-state index contributed by atoms with van der Waals surface area (Å²) in [6.45, 7) is 0.704. The first kappa shape index (κ1) is 11.6. The molecule has 1 fully saturated rings. The highest BCUT2D eigenvalue weighted by molar-refractivity contribution is 7.99. The first-order valence-corrected chi connectivity index (χ1v) is 6.81. The first-order chi connectivity index (χ1) is 8.84. The Morgan fingerprint density at radius 3 is 3.00 bits per heavy atom. The SMILES string of the molecule is Oc1ccccc1-c1nc(C2CSCCO2)no1. The Kier molecular flexibility index (Phi) is 3.21. The lowest BCUT2D eigenvalue weighted by Gasteiger charge is -2.18. The predicted molar refractivity (Wildman–Crippen MR) is 67.4 cm³/mol. The third kappa shape index (κ3) is 2.21. The number of nitrogens with zero attached hydrogens (tertiary/aromatic N) is 2. The van der Waals surface area contributed by atoms with E-state index in [2.05, 4.69) is 10.1 Å². The minimum atomic E-state index is -0.118. The van der Waals surface area contributed by atoms with E-state index in [-0.39, 0.29) is 11.9 Å². The molecule has 1 saturated heterocycles. The lowest BCUT2D eigenvalue weighted by Crippen LogP contribution is -2.16. The van der Waals surface area contributed by atoms with E-state index in [0.717, 1.165) is 11.5 Å². The molecule has 1 N–H and O–H groups in total. The lowest BCUT2D eigenvalue weighted by molar-refractivity contribution is 0.0677. The van der Waals surface area contributed by atoms with Crippen molar-refractivity contribution in [3.05, 3.63) is 30.1 Å². The number of benzene rings is 1. The molecule has 0 amide bonds. The van der Waals surface area contributed by atoms with Crippen molar-refractivity contribution in [2.45, 2.75) is 6.10 Å². The molecule has 6 heteroatoms. The summed E-state index contributed by atoms with van der Waals surface area (Å²) in [5.74, 6) is 2.83. The van der Waals surface area contributed by atoms with Gasteiger partial charge in [-0.15, -0.1) is 0 Å². The summed E-state index contributed by atoms with van der Waals surface area (Å²) in [6.07, 6.45) is -0.118. The van der Waals surface area contributed by atoms with Crippen LogP contribution in [-0.4, -0.2) is 33.4 Å². The number of thioether (sulfide) groups is 1. The molecule has 1 aromatic heterocycles. The first-order valence-electron chi connectivity index (χ1n) is 5.66. The molecule has 2 aromatic rings. The Labute approximate surface area is 108 Å². The van der Waals surface area contributed by atoms with E-state index >= 15 is 0 Å². The molecule has 1 atom stereocenters. The van der Waals surface area contributed by atoms with Crippen LogP contribution in [0.25, 0.3) is 11.5 Å². The quantitative estimate of drug-likeness (QED) is 0.897. The van der Waals surface area contributed by atoms with Gasteiger partial charge in [0, 0.05) is 11.5 Å². The normalized spacial score (nSPS) is 19.9. The Morgan fingerprint density at radius 1 is 1.33 bits per heavy atom.